The first-order valence-electron chi connectivity index (χ1n) is 4.96. The Morgan fingerprint density at radius 2 is 2.07 bits per heavy atom. The van der Waals surface area contributed by atoms with Crippen LogP contribution >= 0.6 is 15.9 Å². The number of phenolic OH excluding ortho intramolecular Hbond substituents is 1. The van der Waals surface area contributed by atoms with Gasteiger partial charge >= 0.3 is 0 Å². The van der Waals surface area contributed by atoms with Gasteiger partial charge in [0.2, 0.25) is 0 Å². The van der Waals surface area contributed by atoms with Crippen molar-refractivity contribution in [1.82, 2.24) is 0 Å². The van der Waals surface area contributed by atoms with Crippen LogP contribution in [-0.2, 0) is 19.4 Å². The average molecular weight is 256 g/mol. The maximum absolute atomic E-state index is 9.83. The first-order chi connectivity index (χ1) is 6.74. The summed E-state index contributed by atoms with van der Waals surface area (Å²) >= 11 is 3.36. The van der Waals surface area contributed by atoms with Gasteiger partial charge in [0.1, 0.15) is 5.75 Å². The Kier molecular flexibility index (Phi) is 2.79. The number of aromatic hydroxyl groups is 1. The van der Waals surface area contributed by atoms with E-state index in [-0.39, 0.29) is 0 Å². The van der Waals surface area contributed by atoms with Crippen molar-refractivity contribution in [3.63, 3.8) is 0 Å². The van der Waals surface area contributed by atoms with Crippen LogP contribution in [0.4, 0.5) is 0 Å². The fourth-order valence-electron chi connectivity index (χ4n) is 2.16. The minimum absolute atomic E-state index is 0.327. The molecule has 1 aromatic rings. The number of fused-ring (bicyclic) bond motifs is 1. The lowest BCUT2D eigenvalue weighted by Gasteiger charge is -2.20. The highest BCUT2D eigenvalue weighted by Gasteiger charge is 2.17. The highest BCUT2D eigenvalue weighted by molar-refractivity contribution is 9.10. The number of hydrogen-bond donors (Lipinski definition) is 2. The van der Waals surface area contributed by atoms with Crippen LogP contribution in [0.5, 0.6) is 5.75 Å². The number of rotatable bonds is 1. The summed E-state index contributed by atoms with van der Waals surface area (Å²) in [6.07, 6.45) is 4.62. The largest absolute Gasteiger partial charge is 0.506 e. The van der Waals surface area contributed by atoms with E-state index >= 15 is 0 Å². The first kappa shape index (κ1) is 9.99. The van der Waals surface area contributed by atoms with E-state index in [4.69, 9.17) is 5.73 Å². The number of halogens is 1. The normalized spacial score (nSPS) is 15.3. The predicted octanol–water partition coefficient (Wildman–Crippen LogP) is 2.49. The van der Waals surface area contributed by atoms with Gasteiger partial charge in [-0.3, -0.25) is 0 Å². The highest BCUT2D eigenvalue weighted by atomic mass is 79.9. The molecular weight excluding hydrogens is 242 g/mol. The second-order valence-electron chi connectivity index (χ2n) is 3.73. The zero-order valence-corrected chi connectivity index (χ0v) is 9.60. The van der Waals surface area contributed by atoms with E-state index in [2.05, 4.69) is 15.9 Å². The molecule has 0 amide bonds. The van der Waals surface area contributed by atoms with Gasteiger partial charge in [-0.05, 0) is 58.8 Å². The minimum Gasteiger partial charge on any atom is -0.506 e. The van der Waals surface area contributed by atoms with Crippen LogP contribution in [0.15, 0.2) is 10.5 Å². The van der Waals surface area contributed by atoms with Crippen molar-refractivity contribution >= 4 is 15.9 Å². The SMILES string of the molecule is NCc1c(O)c(Br)cc2c1CCCC2. The summed E-state index contributed by atoms with van der Waals surface area (Å²) in [5.41, 5.74) is 9.21. The van der Waals surface area contributed by atoms with Gasteiger partial charge in [-0.25, -0.2) is 0 Å². The van der Waals surface area contributed by atoms with Crippen molar-refractivity contribution in [2.75, 3.05) is 0 Å². The van der Waals surface area contributed by atoms with Crippen molar-refractivity contribution in [1.29, 1.82) is 0 Å². The van der Waals surface area contributed by atoms with Gasteiger partial charge in [0.25, 0.3) is 0 Å². The first-order valence-corrected chi connectivity index (χ1v) is 5.75. The molecule has 76 valence electrons. The highest BCUT2D eigenvalue weighted by Crippen LogP contribution is 2.36. The van der Waals surface area contributed by atoms with Crippen LogP contribution in [0.25, 0.3) is 0 Å². The van der Waals surface area contributed by atoms with Crippen molar-refractivity contribution in [3.8, 4) is 5.75 Å². The molecule has 0 aliphatic heterocycles. The van der Waals surface area contributed by atoms with Gasteiger partial charge in [0, 0.05) is 12.1 Å². The van der Waals surface area contributed by atoms with Crippen LogP contribution in [0.1, 0.15) is 29.5 Å². The zero-order chi connectivity index (χ0) is 10.1. The monoisotopic (exact) mass is 255 g/mol. The molecule has 2 nitrogen and oxygen atoms in total. The Morgan fingerprint density at radius 1 is 1.36 bits per heavy atom. The van der Waals surface area contributed by atoms with E-state index in [1.807, 2.05) is 6.07 Å². The molecule has 2 rings (SSSR count). The maximum Gasteiger partial charge on any atom is 0.134 e. The lowest BCUT2D eigenvalue weighted by atomic mass is 9.88. The topological polar surface area (TPSA) is 46.2 Å². The lowest BCUT2D eigenvalue weighted by Crippen LogP contribution is -2.10. The quantitative estimate of drug-likeness (QED) is 0.810. The molecular formula is C11H14BrNO. The van der Waals surface area contributed by atoms with Crippen molar-refractivity contribution in [3.05, 3.63) is 27.2 Å². The van der Waals surface area contributed by atoms with Gasteiger partial charge in [0.15, 0.2) is 0 Å². The summed E-state index contributed by atoms with van der Waals surface area (Å²) in [7, 11) is 0. The van der Waals surface area contributed by atoms with E-state index in [1.54, 1.807) is 0 Å². The average Bonchev–Trinajstić information content (AvgIpc) is 2.20. The van der Waals surface area contributed by atoms with Crippen LogP contribution in [0.2, 0.25) is 0 Å². The Balaban J connectivity index is 2.60. The molecule has 0 fully saturated rings. The van der Waals surface area contributed by atoms with Gasteiger partial charge in [-0.2, -0.15) is 0 Å². The summed E-state index contributed by atoms with van der Waals surface area (Å²) in [6.45, 7) is 0.424. The molecule has 0 heterocycles. The van der Waals surface area contributed by atoms with Crippen LogP contribution < -0.4 is 5.73 Å². The Bertz CT molecular complexity index is 363. The summed E-state index contributed by atoms with van der Waals surface area (Å²) in [4.78, 5) is 0. The van der Waals surface area contributed by atoms with Gasteiger partial charge in [-0.15, -0.1) is 0 Å². The fourth-order valence-corrected chi connectivity index (χ4v) is 2.68. The molecule has 0 unspecified atom stereocenters. The molecule has 0 saturated heterocycles. The number of hydrogen-bond acceptors (Lipinski definition) is 2. The van der Waals surface area contributed by atoms with Crippen molar-refractivity contribution in [2.24, 2.45) is 5.73 Å². The molecule has 3 N–H and O–H groups in total. The van der Waals surface area contributed by atoms with E-state index in [0.717, 1.165) is 22.9 Å². The third-order valence-corrected chi connectivity index (χ3v) is 3.50. The smallest absolute Gasteiger partial charge is 0.134 e. The number of nitrogens with two attached hydrogens (primary N) is 1. The van der Waals surface area contributed by atoms with Gasteiger partial charge in [0.05, 0.1) is 4.47 Å². The molecule has 0 bridgehead atoms. The molecule has 14 heavy (non-hydrogen) atoms. The Morgan fingerprint density at radius 3 is 2.79 bits per heavy atom. The maximum atomic E-state index is 9.83. The van der Waals surface area contributed by atoms with Crippen LogP contribution in [0.3, 0.4) is 0 Å². The zero-order valence-electron chi connectivity index (χ0n) is 8.02. The molecule has 0 saturated carbocycles. The molecule has 1 aromatic carbocycles. The van der Waals surface area contributed by atoms with E-state index in [9.17, 15) is 5.11 Å². The second kappa shape index (κ2) is 3.91. The standard InChI is InChI=1S/C11H14BrNO/c12-10-5-7-3-1-2-4-8(7)9(6-13)11(10)14/h5,14H,1-4,6,13H2. The molecule has 0 spiro atoms. The van der Waals surface area contributed by atoms with Gasteiger partial charge in [-0.1, -0.05) is 0 Å². The summed E-state index contributed by atoms with van der Waals surface area (Å²) in [5.74, 6) is 0.327. The molecule has 3 heteroatoms. The molecule has 0 aromatic heterocycles. The van der Waals surface area contributed by atoms with E-state index in [0.29, 0.717) is 12.3 Å². The van der Waals surface area contributed by atoms with Crippen LogP contribution in [0, 0.1) is 0 Å². The molecule has 1 aliphatic rings. The van der Waals surface area contributed by atoms with E-state index < -0.39 is 0 Å². The molecule has 0 radical (unpaired) electrons. The second-order valence-corrected chi connectivity index (χ2v) is 4.59. The fraction of sp³-hybridized carbons (Fsp3) is 0.455. The third kappa shape index (κ3) is 1.55. The Labute approximate surface area is 92.3 Å². The van der Waals surface area contributed by atoms with Crippen molar-refractivity contribution < 1.29 is 5.11 Å². The predicted molar refractivity (Wildman–Crippen MR) is 60.3 cm³/mol. The minimum atomic E-state index is 0.327. The Hall–Kier alpha value is -0.540. The molecule has 0 atom stereocenters. The lowest BCUT2D eigenvalue weighted by molar-refractivity contribution is 0.462. The summed E-state index contributed by atoms with van der Waals surface area (Å²) in [6, 6.07) is 2.03. The molecule has 1 aliphatic carbocycles. The summed E-state index contributed by atoms with van der Waals surface area (Å²) < 4.78 is 0.776. The van der Waals surface area contributed by atoms with E-state index in [1.165, 1.54) is 24.0 Å². The number of phenols is 1. The third-order valence-electron chi connectivity index (χ3n) is 2.89. The van der Waals surface area contributed by atoms with Crippen LogP contribution in [-0.4, -0.2) is 5.11 Å². The van der Waals surface area contributed by atoms with Crippen molar-refractivity contribution in [2.45, 2.75) is 32.2 Å². The number of aryl methyl sites for hydroxylation is 1. The number of benzene rings is 1. The summed E-state index contributed by atoms with van der Waals surface area (Å²) in [5, 5.41) is 9.83. The van der Waals surface area contributed by atoms with Gasteiger partial charge < -0.3 is 10.8 Å².